The number of aryl methyl sites for hydroxylation is 1. The number of rotatable bonds is 7. The molecule has 0 bridgehead atoms. The standard InChI is InChI=1S/C31H43N5O/c1-22-6-5-17-35(22)21-29-33-27-14-13-26(20-28(27)34-29)32-30(37)25-11-9-23(10-12-25)7-8-24-15-18-36(19-16-24)31(2,3)4/h9-14,20,22,24H,5-8,15-19,21H2,1-4H3,(H,32,37)(H,33,34)/t22-/m0/s1. The number of H-pyrrole nitrogens is 1. The highest BCUT2D eigenvalue weighted by atomic mass is 16.1. The molecule has 2 fully saturated rings. The zero-order valence-corrected chi connectivity index (χ0v) is 23.0. The molecular formula is C31H43N5O. The lowest BCUT2D eigenvalue weighted by Crippen LogP contribution is -2.46. The number of piperidine rings is 1. The first kappa shape index (κ1) is 25.9. The number of nitrogens with zero attached hydrogens (tertiary/aromatic N) is 3. The summed E-state index contributed by atoms with van der Waals surface area (Å²) in [6, 6.07) is 14.6. The third kappa shape index (κ3) is 6.42. The Morgan fingerprint density at radius 2 is 1.81 bits per heavy atom. The summed E-state index contributed by atoms with van der Waals surface area (Å²) in [5, 5.41) is 3.06. The summed E-state index contributed by atoms with van der Waals surface area (Å²) in [6.45, 7) is 13.6. The number of imidazole rings is 1. The van der Waals surface area contributed by atoms with Gasteiger partial charge in [0.2, 0.25) is 0 Å². The second kappa shape index (κ2) is 11.0. The Morgan fingerprint density at radius 1 is 1.05 bits per heavy atom. The maximum atomic E-state index is 12.9. The van der Waals surface area contributed by atoms with Gasteiger partial charge in [-0.3, -0.25) is 14.6 Å². The van der Waals surface area contributed by atoms with Gasteiger partial charge in [-0.1, -0.05) is 12.1 Å². The normalized spacial score (nSPS) is 20.1. The number of benzene rings is 2. The van der Waals surface area contributed by atoms with Crippen molar-refractivity contribution in [3.8, 4) is 0 Å². The van der Waals surface area contributed by atoms with Crippen molar-refractivity contribution in [1.82, 2.24) is 19.8 Å². The number of likely N-dealkylation sites (tertiary alicyclic amines) is 2. The van der Waals surface area contributed by atoms with E-state index in [1.807, 2.05) is 30.3 Å². The van der Waals surface area contributed by atoms with Crippen LogP contribution in [0.15, 0.2) is 42.5 Å². The molecule has 5 rings (SSSR count). The molecule has 2 aliphatic rings. The van der Waals surface area contributed by atoms with Crippen LogP contribution in [-0.2, 0) is 13.0 Å². The van der Waals surface area contributed by atoms with Gasteiger partial charge in [-0.25, -0.2) is 4.98 Å². The molecule has 0 spiro atoms. The molecule has 0 saturated carbocycles. The number of aromatic amines is 1. The fraction of sp³-hybridized carbons (Fsp3) is 0.548. The van der Waals surface area contributed by atoms with Crippen LogP contribution in [0.5, 0.6) is 0 Å². The maximum Gasteiger partial charge on any atom is 0.255 e. The van der Waals surface area contributed by atoms with E-state index in [0.29, 0.717) is 11.6 Å². The van der Waals surface area contributed by atoms with E-state index in [4.69, 9.17) is 4.98 Å². The van der Waals surface area contributed by atoms with Crippen LogP contribution in [0.1, 0.15) is 81.5 Å². The van der Waals surface area contributed by atoms with Gasteiger partial charge < -0.3 is 10.3 Å². The summed E-state index contributed by atoms with van der Waals surface area (Å²) in [6.07, 6.45) is 7.40. The van der Waals surface area contributed by atoms with Gasteiger partial charge in [0.05, 0.1) is 17.6 Å². The van der Waals surface area contributed by atoms with E-state index in [9.17, 15) is 4.79 Å². The fourth-order valence-corrected chi connectivity index (χ4v) is 5.92. The minimum Gasteiger partial charge on any atom is -0.341 e. The average molecular weight is 502 g/mol. The summed E-state index contributed by atoms with van der Waals surface area (Å²) >= 11 is 0. The smallest absolute Gasteiger partial charge is 0.255 e. The van der Waals surface area contributed by atoms with E-state index in [0.717, 1.165) is 48.0 Å². The Balaban J connectivity index is 1.13. The minimum absolute atomic E-state index is 0.0777. The number of anilines is 1. The quantitative estimate of drug-likeness (QED) is 0.402. The molecule has 0 aliphatic carbocycles. The molecule has 1 amide bonds. The molecule has 2 aromatic carbocycles. The molecule has 198 valence electrons. The van der Waals surface area contributed by atoms with E-state index in [2.05, 4.69) is 59.9 Å². The summed E-state index contributed by atoms with van der Waals surface area (Å²) in [5.41, 5.74) is 4.97. The van der Waals surface area contributed by atoms with Crippen LogP contribution >= 0.6 is 0 Å². The number of hydrogen-bond donors (Lipinski definition) is 2. The first-order valence-corrected chi connectivity index (χ1v) is 14.1. The van der Waals surface area contributed by atoms with E-state index in [1.165, 1.54) is 50.8 Å². The Morgan fingerprint density at radius 3 is 2.49 bits per heavy atom. The number of nitrogens with one attached hydrogen (secondary N) is 2. The van der Waals surface area contributed by atoms with Gasteiger partial charge in [0, 0.05) is 22.8 Å². The van der Waals surface area contributed by atoms with E-state index >= 15 is 0 Å². The molecule has 37 heavy (non-hydrogen) atoms. The molecule has 2 aliphatic heterocycles. The van der Waals surface area contributed by atoms with Gasteiger partial charge in [-0.05, 0) is 128 Å². The zero-order valence-electron chi connectivity index (χ0n) is 23.0. The zero-order chi connectivity index (χ0) is 26.0. The molecule has 3 aromatic rings. The highest BCUT2D eigenvalue weighted by Gasteiger charge is 2.26. The van der Waals surface area contributed by atoms with Crippen LogP contribution in [0, 0.1) is 5.92 Å². The van der Waals surface area contributed by atoms with Crippen LogP contribution < -0.4 is 5.32 Å². The highest BCUT2D eigenvalue weighted by Crippen LogP contribution is 2.27. The number of amides is 1. The maximum absolute atomic E-state index is 12.9. The Hall–Kier alpha value is -2.70. The molecule has 2 N–H and O–H groups in total. The molecule has 1 aromatic heterocycles. The fourth-order valence-electron chi connectivity index (χ4n) is 5.92. The summed E-state index contributed by atoms with van der Waals surface area (Å²) in [7, 11) is 0. The lowest BCUT2D eigenvalue weighted by atomic mass is 9.88. The molecule has 3 heterocycles. The summed E-state index contributed by atoms with van der Waals surface area (Å²) in [4.78, 5) is 26.2. The van der Waals surface area contributed by atoms with Crippen LogP contribution in [0.3, 0.4) is 0 Å². The van der Waals surface area contributed by atoms with Crippen molar-refractivity contribution in [3.63, 3.8) is 0 Å². The Bertz CT molecular complexity index is 1200. The third-order valence-corrected chi connectivity index (χ3v) is 8.45. The van der Waals surface area contributed by atoms with Crippen molar-refractivity contribution < 1.29 is 4.79 Å². The molecular weight excluding hydrogens is 458 g/mol. The predicted molar refractivity (Wildman–Crippen MR) is 152 cm³/mol. The predicted octanol–water partition coefficient (Wildman–Crippen LogP) is 6.24. The van der Waals surface area contributed by atoms with Crippen molar-refractivity contribution in [2.24, 2.45) is 5.92 Å². The topological polar surface area (TPSA) is 64.3 Å². The van der Waals surface area contributed by atoms with Crippen molar-refractivity contribution in [2.45, 2.75) is 84.3 Å². The van der Waals surface area contributed by atoms with E-state index < -0.39 is 0 Å². The molecule has 0 radical (unpaired) electrons. The van der Waals surface area contributed by atoms with Crippen LogP contribution in [0.4, 0.5) is 5.69 Å². The van der Waals surface area contributed by atoms with Crippen LogP contribution in [0.25, 0.3) is 11.0 Å². The first-order chi connectivity index (χ1) is 17.7. The lowest BCUT2D eigenvalue weighted by molar-refractivity contribution is 0.0855. The largest absolute Gasteiger partial charge is 0.341 e. The van der Waals surface area contributed by atoms with E-state index in [-0.39, 0.29) is 11.4 Å². The lowest BCUT2D eigenvalue weighted by Gasteiger charge is -2.41. The van der Waals surface area contributed by atoms with Crippen LogP contribution in [0.2, 0.25) is 0 Å². The third-order valence-electron chi connectivity index (χ3n) is 8.45. The summed E-state index contributed by atoms with van der Waals surface area (Å²) in [5.74, 6) is 1.71. The molecule has 2 saturated heterocycles. The molecule has 0 unspecified atom stereocenters. The average Bonchev–Trinajstić information content (AvgIpc) is 3.47. The molecule has 6 heteroatoms. The number of carbonyl (C=O) groups excluding carboxylic acids is 1. The Labute approximate surface area is 221 Å². The van der Waals surface area contributed by atoms with Crippen LogP contribution in [-0.4, -0.2) is 56.9 Å². The van der Waals surface area contributed by atoms with Gasteiger partial charge in [0.1, 0.15) is 5.82 Å². The number of fused-ring (bicyclic) bond motifs is 1. The second-order valence-corrected chi connectivity index (χ2v) is 12.2. The SMILES string of the molecule is C[C@H]1CCCN1Cc1nc2ccc(NC(=O)c3ccc(CCC4CCN(C(C)(C)C)CC4)cc3)cc2[nH]1. The van der Waals surface area contributed by atoms with Crippen molar-refractivity contribution in [1.29, 1.82) is 0 Å². The van der Waals surface area contributed by atoms with Gasteiger partial charge in [-0.15, -0.1) is 0 Å². The first-order valence-electron chi connectivity index (χ1n) is 14.1. The molecule has 6 nitrogen and oxygen atoms in total. The summed E-state index contributed by atoms with van der Waals surface area (Å²) < 4.78 is 0. The van der Waals surface area contributed by atoms with Crippen molar-refractivity contribution in [2.75, 3.05) is 25.0 Å². The van der Waals surface area contributed by atoms with Crippen molar-refractivity contribution >= 4 is 22.6 Å². The monoisotopic (exact) mass is 501 g/mol. The molecule has 1 atom stereocenters. The number of carbonyl (C=O) groups is 1. The second-order valence-electron chi connectivity index (χ2n) is 12.2. The Kier molecular flexibility index (Phi) is 7.68. The van der Waals surface area contributed by atoms with Gasteiger partial charge in [-0.2, -0.15) is 0 Å². The minimum atomic E-state index is -0.0777. The van der Waals surface area contributed by atoms with E-state index in [1.54, 1.807) is 0 Å². The number of hydrogen-bond acceptors (Lipinski definition) is 4. The van der Waals surface area contributed by atoms with Gasteiger partial charge in [0.15, 0.2) is 0 Å². The van der Waals surface area contributed by atoms with Gasteiger partial charge >= 0.3 is 0 Å². The highest BCUT2D eigenvalue weighted by molar-refractivity contribution is 6.05. The van der Waals surface area contributed by atoms with Crippen molar-refractivity contribution in [3.05, 3.63) is 59.4 Å². The van der Waals surface area contributed by atoms with Gasteiger partial charge in [0.25, 0.3) is 5.91 Å². The number of aromatic nitrogens is 2.